The van der Waals surface area contributed by atoms with Crippen molar-refractivity contribution in [2.45, 2.75) is 61.2 Å². The Hall–Kier alpha value is -3.30. The average Bonchev–Trinajstić information content (AvgIpc) is 3.75. The van der Waals surface area contributed by atoms with Crippen LogP contribution < -0.4 is 22.3 Å². The van der Waals surface area contributed by atoms with Gasteiger partial charge in [0.2, 0.25) is 5.95 Å². The van der Waals surface area contributed by atoms with E-state index >= 15 is 0 Å². The second-order valence-corrected chi connectivity index (χ2v) is 14.8. The molecule has 0 saturated carbocycles. The van der Waals surface area contributed by atoms with E-state index in [2.05, 4.69) is 39.1 Å². The number of aromatic nitrogens is 4. The molecular formula is C22H34N10O16P2. The zero-order chi connectivity index (χ0) is 36.4. The number of anilines is 1. The maximum atomic E-state index is 13.1. The highest BCUT2D eigenvalue weighted by Gasteiger charge is 2.57. The van der Waals surface area contributed by atoms with Gasteiger partial charge in [0.25, 0.3) is 5.56 Å². The molecule has 13 N–H and O–H groups in total. The number of guanidine groups is 1. The molecule has 4 aliphatic heterocycles. The summed E-state index contributed by atoms with van der Waals surface area (Å²) in [6.07, 6.45) is -12.8. The lowest BCUT2D eigenvalue weighted by atomic mass is 10.1. The molecule has 12 atom stereocenters. The number of aliphatic imine (C=N–C) groups is 1. The Morgan fingerprint density at radius 1 is 1.12 bits per heavy atom. The summed E-state index contributed by atoms with van der Waals surface area (Å²) in [6.45, 7) is -0.876. The fourth-order valence-corrected chi connectivity index (χ4v) is 8.43. The number of fused-ring (bicyclic) bond motifs is 1. The Bertz CT molecular complexity index is 1840. The van der Waals surface area contributed by atoms with Gasteiger partial charge < -0.3 is 76.1 Å². The van der Waals surface area contributed by atoms with Crippen molar-refractivity contribution in [3.8, 4) is 0 Å². The number of nitrogens with two attached hydrogens (primary N) is 2. The van der Waals surface area contributed by atoms with Crippen molar-refractivity contribution in [1.82, 2.24) is 34.6 Å². The SMILES string of the molecule is CO[C@H]1C(O)[C@@H](N2CN(C)C3=C2NC(N)=NC3O)O[C@H]1C(O)P(=O)(O)OP(=O)(O)OOC[C@H]1O[C@@H](n2cnc3c(=O)[nH]c(N)nc32)[C@@H](O)C1O. The molecule has 2 saturated heterocycles. The first kappa shape index (κ1) is 36.5. The summed E-state index contributed by atoms with van der Waals surface area (Å²) < 4.78 is 51.9. The third-order valence-corrected chi connectivity index (χ3v) is 11.2. The third-order valence-electron chi connectivity index (χ3n) is 8.18. The van der Waals surface area contributed by atoms with E-state index in [0.29, 0.717) is 0 Å². The number of aliphatic hydroxyl groups excluding tert-OH is 5. The molecule has 2 fully saturated rings. The lowest BCUT2D eigenvalue weighted by Gasteiger charge is -2.31. The Kier molecular flexibility index (Phi) is 9.74. The maximum absolute atomic E-state index is 13.1. The van der Waals surface area contributed by atoms with Crippen LogP contribution >= 0.6 is 15.4 Å². The summed E-state index contributed by atoms with van der Waals surface area (Å²) in [5, 5.41) is 56.0. The smallest absolute Gasteiger partial charge is 0.387 e. The number of nitrogen functional groups attached to an aromatic ring is 1. The molecule has 6 rings (SSSR count). The van der Waals surface area contributed by atoms with E-state index in [0.717, 1.165) is 18.0 Å². The second kappa shape index (κ2) is 13.4. The van der Waals surface area contributed by atoms with Crippen LogP contribution in [-0.4, -0.2) is 153 Å². The van der Waals surface area contributed by atoms with Gasteiger partial charge in [-0.3, -0.25) is 18.9 Å². The van der Waals surface area contributed by atoms with E-state index in [1.165, 1.54) is 4.90 Å². The molecule has 28 heteroatoms. The summed E-state index contributed by atoms with van der Waals surface area (Å²) in [5.41, 5.74) is 10.6. The van der Waals surface area contributed by atoms with Crippen molar-refractivity contribution < 1.29 is 72.5 Å². The molecule has 2 aromatic rings. The van der Waals surface area contributed by atoms with Crippen LogP contribution in [0.5, 0.6) is 0 Å². The van der Waals surface area contributed by atoms with E-state index in [1.54, 1.807) is 11.9 Å². The quantitative estimate of drug-likeness (QED) is 0.0579. The molecule has 0 bridgehead atoms. The van der Waals surface area contributed by atoms with Crippen molar-refractivity contribution >= 4 is 38.5 Å². The monoisotopic (exact) mass is 756 g/mol. The summed E-state index contributed by atoms with van der Waals surface area (Å²) in [7, 11) is -8.56. The Balaban J connectivity index is 1.08. The minimum absolute atomic E-state index is 0.00969. The number of nitrogens with one attached hydrogen (secondary N) is 2. The van der Waals surface area contributed by atoms with Crippen LogP contribution in [0.15, 0.2) is 27.6 Å². The van der Waals surface area contributed by atoms with Gasteiger partial charge in [-0.15, -0.1) is 4.67 Å². The van der Waals surface area contributed by atoms with Gasteiger partial charge in [-0.25, -0.2) is 23.7 Å². The fraction of sp³-hybridized carbons (Fsp3) is 0.636. The summed E-state index contributed by atoms with van der Waals surface area (Å²) in [6, 6.07) is 0. The number of H-pyrrole nitrogens is 1. The van der Waals surface area contributed by atoms with Crippen molar-refractivity contribution in [3.63, 3.8) is 0 Å². The number of likely N-dealkylation sites (N-methyl/N-ethyl adjacent to an activating group) is 1. The van der Waals surface area contributed by atoms with E-state index in [9.17, 15) is 49.2 Å². The zero-order valence-electron chi connectivity index (χ0n) is 25.8. The number of nitrogens with zero attached hydrogens (tertiary/aromatic N) is 6. The molecule has 6 heterocycles. The van der Waals surface area contributed by atoms with Gasteiger partial charge in [0.15, 0.2) is 41.7 Å². The molecule has 6 unspecified atom stereocenters. The number of ether oxygens (including phenoxy) is 3. The Morgan fingerprint density at radius 3 is 2.54 bits per heavy atom. The predicted octanol–water partition coefficient (Wildman–Crippen LogP) is -5.40. The first-order valence-corrected chi connectivity index (χ1v) is 17.5. The minimum Gasteiger partial charge on any atom is -0.387 e. The predicted molar refractivity (Wildman–Crippen MR) is 160 cm³/mol. The molecule has 0 aliphatic carbocycles. The molecular weight excluding hydrogens is 722 g/mol. The van der Waals surface area contributed by atoms with Crippen LogP contribution in [0.25, 0.3) is 11.2 Å². The van der Waals surface area contributed by atoms with Crippen LogP contribution in [0.2, 0.25) is 0 Å². The first-order valence-electron chi connectivity index (χ1n) is 14.4. The summed E-state index contributed by atoms with van der Waals surface area (Å²) >= 11 is 0. The van der Waals surface area contributed by atoms with E-state index < -0.39 is 88.7 Å². The van der Waals surface area contributed by atoms with Gasteiger partial charge in [-0.1, -0.05) is 0 Å². The van der Waals surface area contributed by atoms with Crippen molar-refractivity contribution in [2.75, 3.05) is 33.2 Å². The van der Waals surface area contributed by atoms with Gasteiger partial charge in [-0.2, -0.15) is 4.98 Å². The molecule has 0 amide bonds. The highest BCUT2D eigenvalue weighted by molar-refractivity contribution is 7.64. The minimum atomic E-state index is -5.65. The largest absolute Gasteiger partial charge is 0.506 e. The first-order chi connectivity index (χ1) is 23.4. The third kappa shape index (κ3) is 6.49. The van der Waals surface area contributed by atoms with Gasteiger partial charge in [0, 0.05) is 14.2 Å². The van der Waals surface area contributed by atoms with Crippen LogP contribution in [0.3, 0.4) is 0 Å². The fourth-order valence-electron chi connectivity index (χ4n) is 5.95. The lowest BCUT2D eigenvalue weighted by molar-refractivity contribution is -0.245. The number of hydrogen-bond acceptors (Lipinski definition) is 22. The number of imidazole rings is 1. The molecule has 278 valence electrons. The number of phosphoric acid groups is 1. The number of aliphatic hydroxyl groups is 5. The molecule has 50 heavy (non-hydrogen) atoms. The Labute approximate surface area is 279 Å². The van der Waals surface area contributed by atoms with Gasteiger partial charge in [0.05, 0.1) is 13.0 Å². The normalized spacial score (nSPS) is 34.4. The number of hydrogen-bond donors (Lipinski definition) is 11. The van der Waals surface area contributed by atoms with Crippen LogP contribution in [0.1, 0.15) is 6.23 Å². The van der Waals surface area contributed by atoms with Crippen LogP contribution in [0, 0.1) is 0 Å². The number of rotatable bonds is 11. The molecule has 0 aromatic carbocycles. The zero-order valence-corrected chi connectivity index (χ0v) is 27.6. The lowest BCUT2D eigenvalue weighted by Crippen LogP contribution is -2.49. The van der Waals surface area contributed by atoms with Crippen molar-refractivity contribution in [1.29, 1.82) is 0 Å². The molecule has 4 aliphatic rings. The standard InChI is InChI=1S/C22H34N10O16P2/c1-30-5-32(15-8(30)17(37)29-22(24)27-15)19-11(35)12(43-2)13(46-19)20(38)49(39,40)48-50(41,42)47-44-3-6-9(33)10(34)18(45-6)31-4-25-7-14(31)26-21(23)28-16(7)36/h4,6,9-13,17-20,33-35,37-38H,3,5H2,1-2H3,(H,39,40)(H,41,42)(H3,24,27,29)(H3,23,26,28,36)/t6-,9?,10+,11?,12+,13-,17?,18-,19+,20?/m1/s1. The molecule has 0 radical (unpaired) electrons. The topological polar surface area (TPSA) is 378 Å². The van der Waals surface area contributed by atoms with E-state index in [-0.39, 0.29) is 41.3 Å². The summed E-state index contributed by atoms with van der Waals surface area (Å²) in [4.78, 5) is 54.2. The number of aromatic amines is 1. The second-order valence-electron chi connectivity index (χ2n) is 11.4. The summed E-state index contributed by atoms with van der Waals surface area (Å²) in [5.74, 6) is -2.86. The van der Waals surface area contributed by atoms with Crippen LogP contribution in [-0.2, 0) is 37.2 Å². The number of methoxy groups -OCH3 is 1. The Morgan fingerprint density at radius 2 is 1.84 bits per heavy atom. The van der Waals surface area contributed by atoms with Crippen LogP contribution in [0.4, 0.5) is 5.95 Å². The average molecular weight is 757 g/mol. The van der Waals surface area contributed by atoms with Crippen molar-refractivity contribution in [2.24, 2.45) is 10.7 Å². The van der Waals surface area contributed by atoms with Crippen molar-refractivity contribution in [3.05, 3.63) is 28.2 Å². The van der Waals surface area contributed by atoms with E-state index in [1.807, 2.05) is 0 Å². The highest BCUT2D eigenvalue weighted by atomic mass is 31.3. The van der Waals surface area contributed by atoms with Gasteiger partial charge >= 0.3 is 15.4 Å². The highest BCUT2D eigenvalue weighted by Crippen LogP contribution is 2.63. The van der Waals surface area contributed by atoms with Gasteiger partial charge in [-0.05, 0) is 0 Å². The molecule has 2 aromatic heterocycles. The molecule has 0 spiro atoms. The molecule has 26 nitrogen and oxygen atoms in total. The van der Waals surface area contributed by atoms with E-state index in [4.69, 9.17) is 25.7 Å². The maximum Gasteiger partial charge on any atom is 0.506 e. The van der Waals surface area contributed by atoms with Gasteiger partial charge in [0.1, 0.15) is 54.7 Å².